The van der Waals surface area contributed by atoms with Crippen LogP contribution >= 0.6 is 0 Å². The summed E-state index contributed by atoms with van der Waals surface area (Å²) in [5.41, 5.74) is 2.38. The third-order valence-corrected chi connectivity index (χ3v) is 2.86. The lowest BCUT2D eigenvalue weighted by molar-refractivity contribution is 0.0465. The first-order valence-corrected chi connectivity index (χ1v) is 6.44. The van der Waals surface area contributed by atoms with Gasteiger partial charge in [-0.2, -0.15) is 10.4 Å². The lowest BCUT2D eigenvalue weighted by atomic mass is 10.1. The molecule has 0 aliphatic rings. The van der Waals surface area contributed by atoms with E-state index in [4.69, 9.17) is 10.00 Å². The highest BCUT2D eigenvalue weighted by atomic mass is 16.5. The molecule has 2 aromatic rings. The van der Waals surface area contributed by atoms with Crippen LogP contribution in [0.25, 0.3) is 0 Å². The number of benzene rings is 1. The molecule has 0 fully saturated rings. The number of nitriles is 1. The average Bonchev–Trinajstić information content (AvgIpc) is 2.94. The third kappa shape index (κ3) is 3.23. The second-order valence-corrected chi connectivity index (χ2v) is 4.37. The van der Waals surface area contributed by atoms with Gasteiger partial charge < -0.3 is 4.74 Å². The maximum absolute atomic E-state index is 11.8. The van der Waals surface area contributed by atoms with E-state index in [9.17, 15) is 4.79 Å². The van der Waals surface area contributed by atoms with Crippen molar-refractivity contribution in [3.05, 3.63) is 52.8 Å². The Labute approximate surface area is 117 Å². The number of aromatic nitrogens is 2. The Kier molecular flexibility index (Phi) is 4.51. The van der Waals surface area contributed by atoms with Crippen LogP contribution in [0.5, 0.6) is 0 Å². The van der Waals surface area contributed by atoms with Gasteiger partial charge in [0.15, 0.2) is 5.69 Å². The fraction of sp³-hybridized carbons (Fsp3) is 0.267. The summed E-state index contributed by atoms with van der Waals surface area (Å²) in [6.45, 7) is 2.12. The molecule has 1 aromatic carbocycles. The Morgan fingerprint density at radius 2 is 2.25 bits per heavy atom. The van der Waals surface area contributed by atoms with E-state index in [2.05, 4.69) is 23.2 Å². The molecule has 5 heteroatoms. The standard InChI is InChI=1S/C15H15N3O2/c1-2-5-13-8-14(18-17-13)15(19)20-10-12-7-4-3-6-11(12)9-16/h3-4,6-8H,2,5,10H2,1H3,(H,17,18). The minimum absolute atomic E-state index is 0.0680. The monoisotopic (exact) mass is 269 g/mol. The van der Waals surface area contributed by atoms with Gasteiger partial charge in [-0.3, -0.25) is 5.10 Å². The fourth-order valence-electron chi connectivity index (χ4n) is 1.84. The van der Waals surface area contributed by atoms with E-state index in [1.807, 2.05) is 0 Å². The number of hydrogen-bond donors (Lipinski definition) is 1. The van der Waals surface area contributed by atoms with Crippen molar-refractivity contribution in [2.24, 2.45) is 0 Å². The van der Waals surface area contributed by atoms with Crippen LogP contribution in [-0.4, -0.2) is 16.2 Å². The second kappa shape index (κ2) is 6.53. The van der Waals surface area contributed by atoms with Crippen molar-refractivity contribution < 1.29 is 9.53 Å². The zero-order valence-corrected chi connectivity index (χ0v) is 11.2. The number of carbonyl (C=O) groups is 1. The van der Waals surface area contributed by atoms with E-state index >= 15 is 0 Å². The van der Waals surface area contributed by atoms with Gasteiger partial charge >= 0.3 is 5.97 Å². The number of aryl methyl sites for hydroxylation is 1. The second-order valence-electron chi connectivity index (χ2n) is 4.37. The molecule has 1 heterocycles. The van der Waals surface area contributed by atoms with Gasteiger partial charge in [-0.15, -0.1) is 0 Å². The molecular formula is C15H15N3O2. The predicted molar refractivity (Wildman–Crippen MR) is 72.9 cm³/mol. The molecular weight excluding hydrogens is 254 g/mol. The average molecular weight is 269 g/mol. The van der Waals surface area contributed by atoms with Crippen molar-refractivity contribution in [3.63, 3.8) is 0 Å². The van der Waals surface area contributed by atoms with Crippen LogP contribution in [0.3, 0.4) is 0 Å². The summed E-state index contributed by atoms with van der Waals surface area (Å²) in [5.74, 6) is -0.489. The van der Waals surface area contributed by atoms with Crippen LogP contribution in [0.15, 0.2) is 30.3 Å². The lowest BCUT2D eigenvalue weighted by Crippen LogP contribution is -2.06. The van der Waals surface area contributed by atoms with E-state index in [1.54, 1.807) is 30.3 Å². The molecule has 0 bridgehead atoms. The molecule has 0 unspecified atom stereocenters. The van der Waals surface area contributed by atoms with Crippen LogP contribution in [-0.2, 0) is 17.8 Å². The van der Waals surface area contributed by atoms with Gasteiger partial charge in [-0.05, 0) is 18.6 Å². The molecule has 0 atom stereocenters. The molecule has 102 valence electrons. The lowest BCUT2D eigenvalue weighted by Gasteiger charge is -2.04. The SMILES string of the molecule is CCCc1cc(C(=O)OCc2ccccc2C#N)n[nH]1. The maximum Gasteiger partial charge on any atom is 0.359 e. The van der Waals surface area contributed by atoms with Crippen LogP contribution < -0.4 is 0 Å². The molecule has 0 amide bonds. The zero-order chi connectivity index (χ0) is 14.4. The highest BCUT2D eigenvalue weighted by Crippen LogP contribution is 2.10. The number of ether oxygens (including phenoxy) is 1. The topological polar surface area (TPSA) is 78.8 Å². The smallest absolute Gasteiger partial charge is 0.359 e. The molecule has 20 heavy (non-hydrogen) atoms. The number of nitrogens with zero attached hydrogens (tertiary/aromatic N) is 2. The Balaban J connectivity index is 1.99. The minimum atomic E-state index is -0.489. The molecule has 0 spiro atoms. The number of rotatable bonds is 5. The highest BCUT2D eigenvalue weighted by molar-refractivity contribution is 5.87. The van der Waals surface area contributed by atoms with Gasteiger partial charge in [0.05, 0.1) is 11.6 Å². The number of H-pyrrole nitrogens is 1. The molecule has 0 aliphatic carbocycles. The van der Waals surface area contributed by atoms with Gasteiger partial charge in [0, 0.05) is 11.3 Å². The summed E-state index contributed by atoms with van der Waals surface area (Å²) in [6.07, 6.45) is 1.82. The fourth-order valence-corrected chi connectivity index (χ4v) is 1.84. The van der Waals surface area contributed by atoms with E-state index in [0.29, 0.717) is 11.1 Å². The van der Waals surface area contributed by atoms with Gasteiger partial charge in [-0.1, -0.05) is 31.5 Å². The number of aromatic amines is 1. The quantitative estimate of drug-likeness (QED) is 0.846. The number of carbonyl (C=O) groups excluding carboxylic acids is 1. The highest BCUT2D eigenvalue weighted by Gasteiger charge is 2.12. The molecule has 0 radical (unpaired) electrons. The maximum atomic E-state index is 11.8. The van der Waals surface area contributed by atoms with Crippen LogP contribution in [0.1, 0.15) is 40.7 Å². The first kappa shape index (κ1) is 13.8. The van der Waals surface area contributed by atoms with E-state index in [1.165, 1.54) is 0 Å². The number of hydrogen-bond acceptors (Lipinski definition) is 4. The summed E-state index contributed by atoms with van der Waals surface area (Å²) < 4.78 is 5.18. The van der Waals surface area contributed by atoms with Crippen molar-refractivity contribution in [2.75, 3.05) is 0 Å². The first-order valence-electron chi connectivity index (χ1n) is 6.44. The molecule has 0 saturated carbocycles. The van der Waals surface area contributed by atoms with Crippen molar-refractivity contribution in [1.29, 1.82) is 5.26 Å². The molecule has 1 N–H and O–H groups in total. The summed E-state index contributed by atoms with van der Waals surface area (Å²) in [4.78, 5) is 11.8. The van der Waals surface area contributed by atoms with E-state index < -0.39 is 5.97 Å². The van der Waals surface area contributed by atoms with Crippen molar-refractivity contribution in [2.45, 2.75) is 26.4 Å². The molecule has 0 aliphatic heterocycles. The Morgan fingerprint density at radius 3 is 3.00 bits per heavy atom. The normalized spacial score (nSPS) is 10.0. The zero-order valence-electron chi connectivity index (χ0n) is 11.2. The summed E-state index contributed by atoms with van der Waals surface area (Å²) in [6, 6.07) is 10.8. The largest absolute Gasteiger partial charge is 0.456 e. The first-order chi connectivity index (χ1) is 9.74. The summed E-state index contributed by atoms with van der Waals surface area (Å²) in [7, 11) is 0. The van der Waals surface area contributed by atoms with Crippen molar-refractivity contribution in [3.8, 4) is 6.07 Å². The van der Waals surface area contributed by atoms with Crippen LogP contribution in [0.2, 0.25) is 0 Å². The molecule has 1 aromatic heterocycles. The van der Waals surface area contributed by atoms with E-state index in [-0.39, 0.29) is 12.3 Å². The number of nitrogens with one attached hydrogen (secondary N) is 1. The molecule has 0 saturated heterocycles. The predicted octanol–water partition coefficient (Wildman–Crippen LogP) is 2.59. The van der Waals surface area contributed by atoms with Crippen LogP contribution in [0.4, 0.5) is 0 Å². The number of esters is 1. The summed E-state index contributed by atoms with van der Waals surface area (Å²) in [5, 5.41) is 15.7. The van der Waals surface area contributed by atoms with E-state index in [0.717, 1.165) is 18.5 Å². The Morgan fingerprint density at radius 1 is 1.45 bits per heavy atom. The van der Waals surface area contributed by atoms with Gasteiger partial charge in [-0.25, -0.2) is 4.79 Å². The van der Waals surface area contributed by atoms with Crippen molar-refractivity contribution in [1.82, 2.24) is 10.2 Å². The Bertz CT molecular complexity index is 641. The Hall–Kier alpha value is -2.61. The molecule has 2 rings (SSSR count). The third-order valence-electron chi connectivity index (χ3n) is 2.86. The summed E-state index contributed by atoms with van der Waals surface area (Å²) >= 11 is 0. The van der Waals surface area contributed by atoms with Gasteiger partial charge in [0.25, 0.3) is 0 Å². The van der Waals surface area contributed by atoms with Gasteiger partial charge in [0.2, 0.25) is 0 Å². The van der Waals surface area contributed by atoms with Crippen LogP contribution in [0, 0.1) is 11.3 Å². The minimum Gasteiger partial charge on any atom is -0.456 e. The molecule has 5 nitrogen and oxygen atoms in total. The van der Waals surface area contributed by atoms with Crippen molar-refractivity contribution >= 4 is 5.97 Å². The van der Waals surface area contributed by atoms with Gasteiger partial charge in [0.1, 0.15) is 6.61 Å².